The van der Waals surface area contributed by atoms with Crippen LogP contribution in [0.15, 0.2) is 66.3 Å². The van der Waals surface area contributed by atoms with E-state index >= 15 is 8.78 Å². The topological polar surface area (TPSA) is 161 Å². The summed E-state index contributed by atoms with van der Waals surface area (Å²) in [7, 11) is -5.09. The van der Waals surface area contributed by atoms with Gasteiger partial charge < -0.3 is 34.4 Å². The van der Waals surface area contributed by atoms with Crippen molar-refractivity contribution < 1.29 is 56.6 Å². The molecule has 2 aliphatic heterocycles. The van der Waals surface area contributed by atoms with Gasteiger partial charge in [0.05, 0.1) is 17.9 Å². The van der Waals surface area contributed by atoms with Gasteiger partial charge in [0.25, 0.3) is 0 Å². The first-order chi connectivity index (χ1) is 24.1. The second kappa shape index (κ2) is 11.9. The van der Waals surface area contributed by atoms with E-state index in [1.165, 1.54) is 19.1 Å². The molecule has 4 N–H and O–H groups in total. The highest BCUT2D eigenvalue weighted by Crippen LogP contribution is 2.72. The van der Waals surface area contributed by atoms with Crippen LogP contribution in [0.4, 0.5) is 14.5 Å². The van der Waals surface area contributed by atoms with Crippen LogP contribution in [0.25, 0.3) is 0 Å². The maximum absolute atomic E-state index is 17.7. The molecule has 0 spiro atoms. The van der Waals surface area contributed by atoms with Crippen molar-refractivity contribution in [2.45, 2.75) is 75.5 Å². The molecule has 8 rings (SSSR count). The molecule has 11 nitrogen and oxygen atoms in total. The van der Waals surface area contributed by atoms with E-state index in [0.717, 1.165) is 35.2 Å². The van der Waals surface area contributed by atoms with Crippen LogP contribution in [0, 0.1) is 22.7 Å². The minimum atomic E-state index is -5.09. The van der Waals surface area contributed by atoms with Crippen LogP contribution in [0.3, 0.4) is 0 Å². The van der Waals surface area contributed by atoms with E-state index in [9.17, 15) is 29.0 Å². The summed E-state index contributed by atoms with van der Waals surface area (Å²) >= 11 is 0. The molecule has 0 radical (unpaired) electrons. The Morgan fingerprint density at radius 3 is 2.59 bits per heavy atom. The van der Waals surface area contributed by atoms with Gasteiger partial charge in [-0.3, -0.25) is 14.1 Å². The Balaban J connectivity index is 1.11. The molecule has 4 aliphatic carbocycles. The van der Waals surface area contributed by atoms with E-state index in [-0.39, 0.29) is 24.8 Å². The van der Waals surface area contributed by atoms with Crippen molar-refractivity contribution in [3.8, 4) is 5.75 Å². The molecular weight excluding hydrogens is 687 g/mol. The average Bonchev–Trinajstić information content (AvgIpc) is 3.59. The third-order valence-electron chi connectivity index (χ3n) is 12.5. The lowest BCUT2D eigenvalue weighted by Gasteiger charge is -2.63. The molecule has 0 amide bonds. The molecule has 1 saturated heterocycles. The number of anilines is 1. The zero-order valence-electron chi connectivity index (χ0n) is 28.1. The Morgan fingerprint density at radius 1 is 1.10 bits per heavy atom. The van der Waals surface area contributed by atoms with E-state index in [1.54, 1.807) is 6.92 Å². The first kappa shape index (κ1) is 34.8. The number of ether oxygens (including phenoxy) is 3. The molecule has 272 valence electrons. The van der Waals surface area contributed by atoms with Gasteiger partial charge in [-0.15, -0.1) is 0 Å². The molecule has 10 atom stereocenters. The van der Waals surface area contributed by atoms with Crippen LogP contribution in [0.1, 0.15) is 56.1 Å². The van der Waals surface area contributed by atoms with Crippen molar-refractivity contribution >= 4 is 25.1 Å². The number of halogens is 2. The highest BCUT2D eigenvalue weighted by molar-refractivity contribution is 7.46. The minimum Gasteiger partial charge on any atom is -0.490 e. The van der Waals surface area contributed by atoms with Crippen molar-refractivity contribution in [3.05, 3.63) is 83.0 Å². The van der Waals surface area contributed by atoms with Gasteiger partial charge in [0.15, 0.2) is 29.1 Å². The number of aliphatic hydroxyl groups is 1. The third-order valence-corrected chi connectivity index (χ3v) is 13.0. The number of rotatable bonds is 7. The van der Waals surface area contributed by atoms with Crippen LogP contribution in [0.5, 0.6) is 5.75 Å². The summed E-state index contributed by atoms with van der Waals surface area (Å²) < 4.78 is 68.9. The monoisotopic (exact) mass is 727 g/mol. The van der Waals surface area contributed by atoms with Crippen molar-refractivity contribution in [2.75, 3.05) is 25.1 Å². The molecule has 0 unspecified atom stereocenters. The Kier molecular flexibility index (Phi) is 8.09. The number of alkyl halides is 2. The number of nitrogens with one attached hydrogen (secondary N) is 1. The average molecular weight is 728 g/mol. The summed E-state index contributed by atoms with van der Waals surface area (Å²) in [4.78, 5) is 45.4. The molecular formula is C37H40F2NO10P. The second-order valence-electron chi connectivity index (χ2n) is 15.1. The molecule has 2 aromatic carbocycles. The number of fused-ring (bicyclic) bond motifs is 8. The Morgan fingerprint density at radius 2 is 1.84 bits per heavy atom. The first-order valence-electron chi connectivity index (χ1n) is 17.2. The van der Waals surface area contributed by atoms with Crippen LogP contribution >= 0.6 is 7.82 Å². The lowest BCUT2D eigenvalue weighted by atomic mass is 9.44. The summed E-state index contributed by atoms with van der Waals surface area (Å²) in [6.45, 7) is 3.47. The second-order valence-corrected chi connectivity index (χ2v) is 16.4. The number of phosphoric acid groups is 1. The third kappa shape index (κ3) is 5.15. The number of phosphoric ester groups is 1. The number of benzene rings is 2. The van der Waals surface area contributed by atoms with Crippen LogP contribution in [-0.4, -0.2) is 75.9 Å². The van der Waals surface area contributed by atoms with Crippen molar-refractivity contribution in [1.82, 2.24) is 0 Å². The van der Waals surface area contributed by atoms with E-state index in [0.29, 0.717) is 18.6 Å². The Labute approximate surface area is 293 Å². The van der Waals surface area contributed by atoms with Gasteiger partial charge in [0.2, 0.25) is 0 Å². The summed E-state index contributed by atoms with van der Waals surface area (Å²) in [6, 6.07) is 13.4. The maximum atomic E-state index is 17.7. The summed E-state index contributed by atoms with van der Waals surface area (Å²) in [5.74, 6) is -2.36. The van der Waals surface area contributed by atoms with Gasteiger partial charge >= 0.3 is 7.82 Å². The van der Waals surface area contributed by atoms with Gasteiger partial charge in [0, 0.05) is 28.9 Å². The molecule has 3 saturated carbocycles. The number of carbonyl (C=O) groups excluding carboxylic acids is 2. The predicted octanol–water partition coefficient (Wildman–Crippen LogP) is 4.84. The zero-order valence-corrected chi connectivity index (χ0v) is 29.0. The SMILES string of the molecule is C[C@]12C=CC(=O)C=C1[C@@H](F)C[C@H]1[C@@H]3C[C@H]4O[C@@H](c5ccc(Cc6ccc7c(c6)OCCN7)cc5)O[C@@]4(C(=O)COP(=O)(O)O)[C@@]3(C)C[C@H](O)[C@@]12F. The predicted molar refractivity (Wildman–Crippen MR) is 178 cm³/mol. The molecule has 6 aliphatic rings. The van der Waals surface area contributed by atoms with Crippen molar-refractivity contribution in [1.29, 1.82) is 0 Å². The lowest BCUT2D eigenvalue weighted by molar-refractivity contribution is -0.235. The zero-order chi connectivity index (χ0) is 36.1. The highest BCUT2D eigenvalue weighted by atomic mass is 31.2. The molecule has 2 heterocycles. The molecule has 0 aromatic heterocycles. The maximum Gasteiger partial charge on any atom is 0.470 e. The largest absolute Gasteiger partial charge is 0.490 e. The van der Waals surface area contributed by atoms with Gasteiger partial charge in [0.1, 0.15) is 25.1 Å². The van der Waals surface area contributed by atoms with E-state index < -0.39 is 84.6 Å². The number of aliphatic hydroxyl groups excluding tert-OH is 1. The minimum absolute atomic E-state index is 0.0246. The number of hydrogen-bond acceptors (Lipinski definition) is 9. The summed E-state index contributed by atoms with van der Waals surface area (Å²) in [5.41, 5.74) is -3.78. The van der Waals surface area contributed by atoms with Gasteiger partial charge in [-0.05, 0) is 79.5 Å². The van der Waals surface area contributed by atoms with Gasteiger partial charge in [-0.25, -0.2) is 13.3 Å². The molecule has 51 heavy (non-hydrogen) atoms. The first-order valence-corrected chi connectivity index (χ1v) is 18.7. The van der Waals surface area contributed by atoms with E-state index in [4.69, 9.17) is 14.2 Å². The molecule has 2 aromatic rings. The number of carbonyl (C=O) groups is 2. The molecule has 4 fully saturated rings. The van der Waals surface area contributed by atoms with E-state index in [1.807, 2.05) is 42.5 Å². The fourth-order valence-electron chi connectivity index (χ4n) is 10.2. The van der Waals surface area contributed by atoms with Crippen LogP contribution in [0.2, 0.25) is 0 Å². The number of ketones is 2. The van der Waals surface area contributed by atoms with E-state index in [2.05, 4.69) is 9.84 Å². The van der Waals surface area contributed by atoms with Gasteiger partial charge in [-0.1, -0.05) is 43.3 Å². The Hall–Kier alpha value is -3.29. The van der Waals surface area contributed by atoms with Crippen LogP contribution < -0.4 is 10.1 Å². The summed E-state index contributed by atoms with van der Waals surface area (Å²) in [5, 5.41) is 15.1. The van der Waals surface area contributed by atoms with Crippen molar-refractivity contribution in [3.63, 3.8) is 0 Å². The Bertz CT molecular complexity index is 1900. The molecule has 14 heteroatoms. The number of Topliss-reactive ketones (excluding diaryl/α,β-unsaturated/α-hetero) is 1. The van der Waals surface area contributed by atoms with Gasteiger partial charge in [-0.2, -0.15) is 0 Å². The summed E-state index contributed by atoms with van der Waals surface area (Å²) in [6.07, 6.45) is -1.87. The van der Waals surface area contributed by atoms with Crippen LogP contribution in [-0.2, 0) is 34.6 Å². The smallest absolute Gasteiger partial charge is 0.470 e. The fourth-order valence-corrected chi connectivity index (χ4v) is 10.4. The number of allylic oxidation sites excluding steroid dienone is 4. The van der Waals surface area contributed by atoms with Crippen molar-refractivity contribution in [2.24, 2.45) is 22.7 Å². The molecule has 0 bridgehead atoms. The fraction of sp³-hybridized carbons (Fsp3) is 0.514. The number of hydrogen-bond donors (Lipinski definition) is 4. The standard InChI is InChI=1S/C37H40F2NO10P/c1-34-10-9-23(41)15-26(34)27(38)16-25-24-17-32-37(31(43)19-48-51(44,45)46,35(24,2)18-30(42)36(25,34)39)50-33(49-32)22-6-3-20(4-7-22)13-21-5-8-28-29(14-21)47-12-11-40-28/h3-10,14-15,24-25,27,30,32-33,40,42H,11-13,16-19H2,1-2H3,(H2,44,45,46)/t24-,25-,27-,30-,32+,33+,34-,35-,36-,37+/m0/s1. The lowest BCUT2D eigenvalue weighted by Crippen LogP contribution is -2.70. The quantitative estimate of drug-likeness (QED) is 0.289. The highest BCUT2D eigenvalue weighted by Gasteiger charge is 2.80. The normalized spacial score (nSPS) is 39.4.